The number of hydrogen-bond donors (Lipinski definition) is 1. The van der Waals surface area contributed by atoms with Gasteiger partial charge in [-0.25, -0.2) is 0 Å². The average Bonchev–Trinajstić information content (AvgIpc) is 3.37. The van der Waals surface area contributed by atoms with Gasteiger partial charge in [-0.3, -0.25) is 4.79 Å². The smallest absolute Gasteiger partial charge is 0.416 e. The van der Waals surface area contributed by atoms with Crippen molar-refractivity contribution >= 4 is 17.7 Å². The number of carbonyl (C=O) groups is 1. The third-order valence-electron chi connectivity index (χ3n) is 6.91. The van der Waals surface area contributed by atoms with Gasteiger partial charge in [-0.15, -0.1) is 11.8 Å². The van der Waals surface area contributed by atoms with E-state index in [2.05, 4.69) is 0 Å². The Morgan fingerprint density at radius 1 is 1.09 bits per heavy atom. The summed E-state index contributed by atoms with van der Waals surface area (Å²) in [5.41, 5.74) is 5.69. The first kappa shape index (κ1) is 23.8. The van der Waals surface area contributed by atoms with Gasteiger partial charge >= 0.3 is 12.1 Å². The maximum Gasteiger partial charge on any atom is 0.416 e. The van der Waals surface area contributed by atoms with Crippen LogP contribution in [0.4, 0.5) is 13.2 Å². The number of aryl methyl sites for hydroxylation is 2. The second-order valence-corrected chi connectivity index (χ2v) is 10.4. The number of carboxylic acids is 1. The van der Waals surface area contributed by atoms with Crippen LogP contribution in [0.2, 0.25) is 0 Å². The molecule has 1 unspecified atom stereocenters. The van der Waals surface area contributed by atoms with E-state index in [-0.39, 0.29) is 18.4 Å². The number of halogens is 3. The highest BCUT2D eigenvalue weighted by atomic mass is 32.2. The zero-order valence-corrected chi connectivity index (χ0v) is 20.2. The lowest BCUT2D eigenvalue weighted by Gasteiger charge is -2.19. The Balaban J connectivity index is 1.42. The van der Waals surface area contributed by atoms with Gasteiger partial charge in [0.15, 0.2) is 0 Å². The molecule has 3 aromatic rings. The lowest BCUT2D eigenvalue weighted by molar-refractivity contribution is -0.138. The highest BCUT2D eigenvalue weighted by Crippen LogP contribution is 2.46. The number of alkyl halides is 3. The van der Waals surface area contributed by atoms with Crippen LogP contribution in [-0.4, -0.2) is 16.8 Å². The molecule has 0 amide bonds. The van der Waals surface area contributed by atoms with Gasteiger partial charge in [-0.1, -0.05) is 24.3 Å². The normalized spacial score (nSPS) is 18.9. The third kappa shape index (κ3) is 4.54. The van der Waals surface area contributed by atoms with Gasteiger partial charge in [-0.05, 0) is 89.9 Å². The SMILES string of the molecule is Cc1cc(C(F)(F)F)cc(C)c1-c1cccc2c1CCC2Oc1ccc2c(c1)SC[C@H]2CC(=O)O. The first-order valence-electron chi connectivity index (χ1n) is 11.6. The minimum Gasteiger partial charge on any atom is -0.486 e. The van der Waals surface area contributed by atoms with E-state index in [9.17, 15) is 18.0 Å². The molecule has 182 valence electrons. The van der Waals surface area contributed by atoms with E-state index in [0.717, 1.165) is 57.1 Å². The van der Waals surface area contributed by atoms with Crippen LogP contribution in [0.3, 0.4) is 0 Å². The summed E-state index contributed by atoms with van der Waals surface area (Å²) in [6.07, 6.45) is -2.80. The van der Waals surface area contributed by atoms with Gasteiger partial charge in [0.2, 0.25) is 0 Å². The number of rotatable bonds is 5. The molecule has 0 fully saturated rings. The van der Waals surface area contributed by atoms with E-state index < -0.39 is 17.7 Å². The molecular formula is C28H25F3O3S. The van der Waals surface area contributed by atoms with Crippen molar-refractivity contribution in [2.75, 3.05) is 5.75 Å². The van der Waals surface area contributed by atoms with Crippen molar-refractivity contribution < 1.29 is 27.8 Å². The van der Waals surface area contributed by atoms with Crippen molar-refractivity contribution in [3.63, 3.8) is 0 Å². The van der Waals surface area contributed by atoms with Crippen LogP contribution in [0.5, 0.6) is 5.75 Å². The van der Waals surface area contributed by atoms with Gasteiger partial charge in [0.25, 0.3) is 0 Å². The van der Waals surface area contributed by atoms with Crippen molar-refractivity contribution in [1.29, 1.82) is 0 Å². The standard InChI is InChI=1S/C28H25F3O3S/c1-15-10-18(28(29,30)31)11-16(2)27(15)23-5-3-4-22-21(23)8-9-24(22)34-19-6-7-20-17(12-26(32)33)14-35-25(20)13-19/h3-7,10-11,13,17,24H,8-9,12,14H2,1-2H3,(H,32,33)/t17-,24?/m1/s1. The van der Waals surface area contributed by atoms with Crippen LogP contribution in [0.15, 0.2) is 53.4 Å². The molecule has 1 heterocycles. The van der Waals surface area contributed by atoms with Gasteiger partial charge in [0.1, 0.15) is 11.9 Å². The topological polar surface area (TPSA) is 46.5 Å². The van der Waals surface area contributed by atoms with Crippen molar-refractivity contribution in [3.05, 3.63) is 81.9 Å². The Morgan fingerprint density at radius 3 is 2.51 bits per heavy atom. The summed E-state index contributed by atoms with van der Waals surface area (Å²) in [5.74, 6) is 0.733. The summed E-state index contributed by atoms with van der Waals surface area (Å²) in [4.78, 5) is 12.2. The molecule has 1 N–H and O–H groups in total. The monoisotopic (exact) mass is 498 g/mol. The quantitative estimate of drug-likeness (QED) is 0.391. The van der Waals surface area contributed by atoms with E-state index in [0.29, 0.717) is 11.1 Å². The predicted molar refractivity (Wildman–Crippen MR) is 130 cm³/mol. The molecule has 35 heavy (non-hydrogen) atoms. The molecule has 2 aliphatic rings. The zero-order chi connectivity index (χ0) is 24.9. The minimum atomic E-state index is -4.37. The van der Waals surface area contributed by atoms with E-state index in [1.807, 2.05) is 36.4 Å². The first-order chi connectivity index (χ1) is 16.6. The average molecular weight is 499 g/mol. The number of ether oxygens (including phenoxy) is 1. The van der Waals surface area contributed by atoms with E-state index >= 15 is 0 Å². The number of fused-ring (bicyclic) bond motifs is 2. The number of carboxylic acid groups (broad SMARTS) is 1. The van der Waals surface area contributed by atoms with Crippen LogP contribution < -0.4 is 4.74 Å². The molecule has 0 radical (unpaired) electrons. The zero-order valence-electron chi connectivity index (χ0n) is 19.4. The van der Waals surface area contributed by atoms with Crippen molar-refractivity contribution in [3.8, 4) is 16.9 Å². The fraction of sp³-hybridized carbons (Fsp3) is 0.321. The van der Waals surface area contributed by atoms with Crippen LogP contribution >= 0.6 is 11.8 Å². The minimum absolute atomic E-state index is 0.0199. The maximum absolute atomic E-state index is 13.3. The van der Waals surface area contributed by atoms with Crippen LogP contribution in [0.1, 0.15) is 58.2 Å². The molecule has 7 heteroatoms. The molecule has 3 nitrogen and oxygen atoms in total. The van der Waals surface area contributed by atoms with Crippen LogP contribution in [0, 0.1) is 13.8 Å². The van der Waals surface area contributed by atoms with Gasteiger partial charge in [0, 0.05) is 16.6 Å². The molecule has 0 aromatic heterocycles. The number of benzene rings is 3. The summed E-state index contributed by atoms with van der Waals surface area (Å²) < 4.78 is 46.2. The molecule has 0 saturated carbocycles. The van der Waals surface area contributed by atoms with Crippen LogP contribution in [-0.2, 0) is 17.4 Å². The Kier molecular flexibility index (Phi) is 6.08. The molecule has 2 atom stereocenters. The second-order valence-electron chi connectivity index (χ2n) is 9.31. The summed E-state index contributed by atoms with van der Waals surface area (Å²) in [6.45, 7) is 3.47. The summed E-state index contributed by atoms with van der Waals surface area (Å²) in [5, 5.41) is 9.14. The van der Waals surface area contributed by atoms with Gasteiger partial charge in [-0.2, -0.15) is 13.2 Å². The molecule has 1 aliphatic heterocycles. The lowest BCUT2D eigenvalue weighted by Crippen LogP contribution is -2.07. The molecule has 0 saturated heterocycles. The Bertz CT molecular complexity index is 1290. The number of hydrogen-bond acceptors (Lipinski definition) is 3. The van der Waals surface area contributed by atoms with Crippen molar-refractivity contribution in [2.45, 2.75) is 56.2 Å². The predicted octanol–water partition coefficient (Wildman–Crippen LogP) is 7.72. The molecule has 0 bridgehead atoms. The second kappa shape index (κ2) is 8.94. The third-order valence-corrected chi connectivity index (χ3v) is 8.14. The van der Waals surface area contributed by atoms with Crippen LogP contribution in [0.25, 0.3) is 11.1 Å². The summed E-state index contributed by atoms with van der Waals surface area (Å²) in [7, 11) is 0. The lowest BCUT2D eigenvalue weighted by atomic mass is 9.89. The number of thioether (sulfide) groups is 1. The van der Waals surface area contributed by atoms with Crippen molar-refractivity contribution in [1.82, 2.24) is 0 Å². The first-order valence-corrected chi connectivity index (χ1v) is 12.6. The summed E-state index contributed by atoms with van der Waals surface area (Å²) in [6, 6.07) is 14.3. The molecule has 0 spiro atoms. The molecule has 1 aliphatic carbocycles. The maximum atomic E-state index is 13.3. The molecular weight excluding hydrogens is 473 g/mol. The van der Waals surface area contributed by atoms with E-state index in [1.54, 1.807) is 25.6 Å². The number of aliphatic carboxylic acids is 1. The van der Waals surface area contributed by atoms with Gasteiger partial charge < -0.3 is 9.84 Å². The fourth-order valence-corrected chi connectivity index (χ4v) is 6.68. The van der Waals surface area contributed by atoms with E-state index in [4.69, 9.17) is 9.84 Å². The largest absolute Gasteiger partial charge is 0.486 e. The summed E-state index contributed by atoms with van der Waals surface area (Å²) >= 11 is 1.66. The Morgan fingerprint density at radius 2 is 1.83 bits per heavy atom. The Labute approximate surface area is 206 Å². The highest BCUT2D eigenvalue weighted by molar-refractivity contribution is 7.99. The molecule has 3 aromatic carbocycles. The van der Waals surface area contributed by atoms with Crippen molar-refractivity contribution in [2.24, 2.45) is 0 Å². The van der Waals surface area contributed by atoms with E-state index in [1.165, 1.54) is 12.1 Å². The highest BCUT2D eigenvalue weighted by Gasteiger charge is 2.33. The fourth-order valence-electron chi connectivity index (χ4n) is 5.40. The molecule has 5 rings (SSSR count). The Hall–Kier alpha value is -2.93. The van der Waals surface area contributed by atoms with Gasteiger partial charge in [0.05, 0.1) is 12.0 Å².